The van der Waals surface area contributed by atoms with Gasteiger partial charge in [-0.2, -0.15) is 17.0 Å². The van der Waals surface area contributed by atoms with Gasteiger partial charge in [-0.05, 0) is 31.0 Å². The van der Waals surface area contributed by atoms with Gasteiger partial charge in [-0.1, -0.05) is 15.9 Å². The minimum atomic E-state index is -3.45. The highest BCUT2D eigenvalue weighted by Crippen LogP contribution is 2.24. The molecule has 23 heavy (non-hydrogen) atoms. The minimum Gasteiger partial charge on any atom is -0.323 e. The van der Waals surface area contributed by atoms with E-state index in [-0.39, 0.29) is 30.6 Å². The predicted octanol–water partition coefficient (Wildman–Crippen LogP) is 2.05. The normalized spacial score (nSPS) is 17.4. The van der Waals surface area contributed by atoms with E-state index in [1.807, 2.05) is 0 Å². The summed E-state index contributed by atoms with van der Waals surface area (Å²) in [5, 5.41) is 2.57. The fourth-order valence-corrected chi connectivity index (χ4v) is 3.87. The van der Waals surface area contributed by atoms with E-state index in [9.17, 15) is 17.6 Å². The SMILES string of the molecule is CN(C)S(=O)(=O)N1CCC(C(=O)Nc2ccc(Br)cc2F)CC1. The molecule has 0 unspecified atom stereocenters. The van der Waals surface area contributed by atoms with Crippen LogP contribution in [0.15, 0.2) is 22.7 Å². The molecule has 1 heterocycles. The van der Waals surface area contributed by atoms with Gasteiger partial charge in [-0.15, -0.1) is 0 Å². The van der Waals surface area contributed by atoms with Crippen molar-refractivity contribution in [2.75, 3.05) is 32.5 Å². The van der Waals surface area contributed by atoms with Crippen LogP contribution in [0.1, 0.15) is 12.8 Å². The van der Waals surface area contributed by atoms with E-state index in [2.05, 4.69) is 21.2 Å². The molecule has 0 saturated carbocycles. The molecular weight excluding hydrogens is 389 g/mol. The smallest absolute Gasteiger partial charge is 0.281 e. The summed E-state index contributed by atoms with van der Waals surface area (Å²) in [5.41, 5.74) is 0.126. The Balaban J connectivity index is 1.96. The van der Waals surface area contributed by atoms with Gasteiger partial charge in [-0.25, -0.2) is 4.39 Å². The molecule has 9 heteroatoms. The third-order valence-corrected chi connectivity index (χ3v) is 6.24. The maximum atomic E-state index is 13.7. The minimum absolute atomic E-state index is 0.126. The summed E-state index contributed by atoms with van der Waals surface area (Å²) >= 11 is 3.16. The quantitative estimate of drug-likeness (QED) is 0.829. The first-order valence-corrected chi connectivity index (χ1v) is 9.34. The predicted molar refractivity (Wildman–Crippen MR) is 89.6 cm³/mol. The summed E-state index contributed by atoms with van der Waals surface area (Å²) in [6, 6.07) is 4.41. The first-order chi connectivity index (χ1) is 10.7. The molecule has 1 aromatic carbocycles. The Morgan fingerprint density at radius 2 is 1.96 bits per heavy atom. The van der Waals surface area contributed by atoms with E-state index in [0.29, 0.717) is 17.3 Å². The molecule has 0 atom stereocenters. The lowest BCUT2D eigenvalue weighted by Gasteiger charge is -2.32. The fourth-order valence-electron chi connectivity index (χ4n) is 2.41. The number of hydrogen-bond acceptors (Lipinski definition) is 3. The van der Waals surface area contributed by atoms with Crippen LogP contribution < -0.4 is 5.32 Å². The summed E-state index contributed by atoms with van der Waals surface area (Å²) in [4.78, 5) is 12.2. The number of nitrogens with one attached hydrogen (secondary N) is 1. The number of rotatable bonds is 4. The van der Waals surface area contributed by atoms with Crippen molar-refractivity contribution in [2.24, 2.45) is 5.92 Å². The van der Waals surface area contributed by atoms with Gasteiger partial charge in [0.05, 0.1) is 5.69 Å². The maximum Gasteiger partial charge on any atom is 0.281 e. The van der Waals surface area contributed by atoms with Gasteiger partial charge >= 0.3 is 0 Å². The number of benzene rings is 1. The van der Waals surface area contributed by atoms with E-state index >= 15 is 0 Å². The average molecular weight is 408 g/mol. The second kappa shape index (κ2) is 7.25. The molecule has 1 saturated heterocycles. The Bertz CT molecular complexity index is 689. The molecule has 0 bridgehead atoms. The average Bonchev–Trinajstić information content (AvgIpc) is 2.50. The van der Waals surface area contributed by atoms with Crippen molar-refractivity contribution in [3.63, 3.8) is 0 Å². The molecule has 1 fully saturated rings. The topological polar surface area (TPSA) is 69.7 Å². The highest BCUT2D eigenvalue weighted by molar-refractivity contribution is 9.10. The number of carbonyl (C=O) groups excluding carboxylic acids is 1. The third-order valence-electron chi connectivity index (χ3n) is 3.80. The van der Waals surface area contributed by atoms with Crippen LogP contribution in [-0.2, 0) is 15.0 Å². The van der Waals surface area contributed by atoms with E-state index < -0.39 is 16.0 Å². The molecule has 1 amide bonds. The third kappa shape index (κ3) is 4.28. The lowest BCUT2D eigenvalue weighted by molar-refractivity contribution is -0.120. The van der Waals surface area contributed by atoms with Crippen molar-refractivity contribution in [3.05, 3.63) is 28.5 Å². The second-order valence-corrected chi connectivity index (χ2v) is 8.63. The van der Waals surface area contributed by atoms with E-state index in [4.69, 9.17) is 0 Å². The first kappa shape index (κ1) is 18.3. The number of carbonyl (C=O) groups is 1. The number of piperidine rings is 1. The molecule has 0 aromatic heterocycles. The zero-order valence-electron chi connectivity index (χ0n) is 12.9. The molecule has 6 nitrogen and oxygen atoms in total. The molecule has 1 aliphatic heterocycles. The van der Waals surface area contributed by atoms with E-state index in [1.54, 1.807) is 6.07 Å². The zero-order valence-corrected chi connectivity index (χ0v) is 15.3. The van der Waals surface area contributed by atoms with Gasteiger partial charge in [0.2, 0.25) is 5.91 Å². The standard InChI is InChI=1S/C14H19BrFN3O3S/c1-18(2)23(21,22)19-7-5-10(6-8-19)14(20)17-13-4-3-11(15)9-12(13)16/h3-4,9-10H,5-8H2,1-2H3,(H,17,20). The Labute approximate surface area is 144 Å². The van der Waals surface area contributed by atoms with Gasteiger partial charge < -0.3 is 5.32 Å². The van der Waals surface area contributed by atoms with Gasteiger partial charge in [0.25, 0.3) is 10.2 Å². The molecular formula is C14H19BrFN3O3S. The number of hydrogen-bond donors (Lipinski definition) is 1. The Morgan fingerprint density at radius 3 is 2.48 bits per heavy atom. The number of anilines is 1. The van der Waals surface area contributed by atoms with E-state index in [1.165, 1.54) is 30.5 Å². The molecule has 128 valence electrons. The van der Waals surface area contributed by atoms with Crippen LogP contribution >= 0.6 is 15.9 Å². The Morgan fingerprint density at radius 1 is 1.35 bits per heavy atom. The maximum absolute atomic E-state index is 13.7. The van der Waals surface area contributed by atoms with Crippen LogP contribution in [0.3, 0.4) is 0 Å². The molecule has 0 spiro atoms. The van der Waals surface area contributed by atoms with Crippen LogP contribution in [0.5, 0.6) is 0 Å². The summed E-state index contributed by atoms with van der Waals surface area (Å²) in [7, 11) is -0.496. The summed E-state index contributed by atoms with van der Waals surface area (Å²) in [6.45, 7) is 0.558. The molecule has 0 radical (unpaired) electrons. The first-order valence-electron chi connectivity index (χ1n) is 7.15. The van der Waals surface area contributed by atoms with Crippen molar-refractivity contribution in [3.8, 4) is 0 Å². The molecule has 1 aromatic rings. The van der Waals surface area contributed by atoms with Crippen molar-refractivity contribution in [1.82, 2.24) is 8.61 Å². The van der Waals surface area contributed by atoms with Crippen LogP contribution in [0.2, 0.25) is 0 Å². The number of halogens is 2. The van der Waals surface area contributed by atoms with Crippen molar-refractivity contribution >= 4 is 37.7 Å². The van der Waals surface area contributed by atoms with Gasteiger partial charge in [-0.3, -0.25) is 4.79 Å². The van der Waals surface area contributed by atoms with Crippen LogP contribution in [0, 0.1) is 11.7 Å². The highest BCUT2D eigenvalue weighted by Gasteiger charge is 2.32. The molecule has 1 aliphatic rings. The van der Waals surface area contributed by atoms with E-state index in [0.717, 1.165) is 4.31 Å². The number of amides is 1. The van der Waals surface area contributed by atoms with Crippen LogP contribution in [-0.4, -0.2) is 50.1 Å². The molecule has 1 N–H and O–H groups in total. The van der Waals surface area contributed by atoms with Crippen LogP contribution in [0.25, 0.3) is 0 Å². The highest BCUT2D eigenvalue weighted by atomic mass is 79.9. The number of nitrogens with zero attached hydrogens (tertiary/aromatic N) is 2. The summed E-state index contributed by atoms with van der Waals surface area (Å²) in [6.07, 6.45) is 0.827. The monoisotopic (exact) mass is 407 g/mol. The molecule has 0 aliphatic carbocycles. The van der Waals surface area contributed by atoms with Gasteiger partial charge in [0.1, 0.15) is 5.82 Å². The molecule has 2 rings (SSSR count). The van der Waals surface area contributed by atoms with Crippen LogP contribution in [0.4, 0.5) is 10.1 Å². The van der Waals surface area contributed by atoms with Crippen molar-refractivity contribution < 1.29 is 17.6 Å². The van der Waals surface area contributed by atoms with Gasteiger partial charge in [0.15, 0.2) is 0 Å². The van der Waals surface area contributed by atoms with Gasteiger partial charge in [0, 0.05) is 37.6 Å². The zero-order chi connectivity index (χ0) is 17.2. The largest absolute Gasteiger partial charge is 0.323 e. The fraction of sp³-hybridized carbons (Fsp3) is 0.500. The second-order valence-electron chi connectivity index (χ2n) is 5.58. The Kier molecular flexibility index (Phi) is 5.77. The summed E-state index contributed by atoms with van der Waals surface area (Å²) in [5.74, 6) is -1.12. The summed E-state index contributed by atoms with van der Waals surface area (Å²) < 4.78 is 40.9. The van der Waals surface area contributed by atoms with Crippen molar-refractivity contribution in [2.45, 2.75) is 12.8 Å². The Hall–Kier alpha value is -1.03. The lowest BCUT2D eigenvalue weighted by Crippen LogP contribution is -2.46. The lowest BCUT2D eigenvalue weighted by atomic mass is 9.97. The van der Waals surface area contributed by atoms with Crippen molar-refractivity contribution in [1.29, 1.82) is 0 Å².